The molecule has 2 rings (SSSR count). The van der Waals surface area contributed by atoms with Crippen LogP contribution in [0.4, 0.5) is 17.5 Å². The molecule has 2 aromatic rings. The van der Waals surface area contributed by atoms with Crippen molar-refractivity contribution >= 4 is 40.7 Å². The van der Waals surface area contributed by atoms with Crippen molar-refractivity contribution in [3.05, 3.63) is 40.0 Å². The molecule has 0 radical (unpaired) electrons. The van der Waals surface area contributed by atoms with E-state index < -0.39 is 0 Å². The van der Waals surface area contributed by atoms with Gasteiger partial charge in [0.25, 0.3) is 0 Å². The lowest BCUT2D eigenvalue weighted by atomic mass is 10.3. The molecule has 0 saturated heterocycles. The minimum absolute atomic E-state index is 0.309. The Bertz CT molecular complexity index is 611. The molecular weight excluding hydrogens is 307 g/mol. The molecule has 0 aliphatic carbocycles. The van der Waals surface area contributed by atoms with Crippen molar-refractivity contribution in [3.63, 3.8) is 0 Å². The van der Waals surface area contributed by atoms with Gasteiger partial charge in [-0.2, -0.15) is 4.98 Å². The number of nitrogens with zero attached hydrogens (tertiary/aromatic N) is 2. The number of benzene rings is 1. The van der Waals surface area contributed by atoms with Gasteiger partial charge in [-0.05, 0) is 32.4 Å². The second-order valence-corrected chi connectivity index (χ2v) is 5.71. The topological polar surface area (TPSA) is 49.8 Å². The Morgan fingerprint density at radius 2 is 1.86 bits per heavy atom. The van der Waals surface area contributed by atoms with Gasteiger partial charge in [-0.3, -0.25) is 0 Å². The van der Waals surface area contributed by atoms with Gasteiger partial charge < -0.3 is 10.6 Å². The number of aromatic nitrogens is 2. The maximum absolute atomic E-state index is 6.16. The van der Waals surface area contributed by atoms with Crippen LogP contribution in [0.5, 0.6) is 0 Å². The monoisotopic (exact) mass is 324 g/mol. The molecule has 112 valence electrons. The molecule has 0 fully saturated rings. The lowest BCUT2D eigenvalue weighted by Crippen LogP contribution is -2.16. The van der Waals surface area contributed by atoms with Gasteiger partial charge >= 0.3 is 0 Å². The van der Waals surface area contributed by atoms with Crippen LogP contribution in [-0.4, -0.2) is 16.0 Å². The van der Waals surface area contributed by atoms with Crippen molar-refractivity contribution in [1.29, 1.82) is 0 Å². The zero-order chi connectivity index (χ0) is 15.4. The maximum Gasteiger partial charge on any atom is 0.225 e. The molecule has 0 amide bonds. The molecule has 0 aliphatic heterocycles. The minimum atomic E-state index is 0.309. The van der Waals surface area contributed by atoms with Crippen molar-refractivity contribution in [2.24, 2.45) is 0 Å². The van der Waals surface area contributed by atoms with E-state index in [-0.39, 0.29) is 0 Å². The third-order valence-corrected chi connectivity index (χ3v) is 3.69. The quantitative estimate of drug-likeness (QED) is 0.808. The number of hydrogen-bond donors (Lipinski definition) is 2. The number of rotatable bonds is 5. The highest BCUT2D eigenvalue weighted by atomic mass is 35.5. The average molecular weight is 325 g/mol. The van der Waals surface area contributed by atoms with E-state index in [1.54, 1.807) is 18.2 Å². The van der Waals surface area contributed by atoms with Crippen LogP contribution >= 0.6 is 23.2 Å². The van der Waals surface area contributed by atoms with Gasteiger partial charge in [0, 0.05) is 17.8 Å². The Hall–Kier alpha value is -1.52. The highest BCUT2D eigenvalue weighted by molar-refractivity contribution is 6.39. The third kappa shape index (κ3) is 4.22. The van der Waals surface area contributed by atoms with Crippen molar-refractivity contribution in [1.82, 2.24) is 9.97 Å². The molecule has 21 heavy (non-hydrogen) atoms. The normalized spacial score (nSPS) is 12.0. The molecule has 0 spiro atoms. The predicted octanol–water partition coefficient (Wildman–Crippen LogP) is 5.05. The van der Waals surface area contributed by atoms with E-state index in [1.807, 2.05) is 13.0 Å². The molecule has 6 heteroatoms. The van der Waals surface area contributed by atoms with Gasteiger partial charge in [0.15, 0.2) is 0 Å². The summed E-state index contributed by atoms with van der Waals surface area (Å²) in [5, 5.41) is 7.52. The second kappa shape index (κ2) is 6.96. The molecule has 0 saturated carbocycles. The van der Waals surface area contributed by atoms with Gasteiger partial charge in [0.05, 0.1) is 15.7 Å². The summed E-state index contributed by atoms with van der Waals surface area (Å²) in [6, 6.07) is 7.52. The molecular formula is C15H18Cl2N4. The Labute approximate surface area is 134 Å². The Morgan fingerprint density at radius 3 is 2.48 bits per heavy atom. The van der Waals surface area contributed by atoms with Crippen LogP contribution in [-0.2, 0) is 0 Å². The van der Waals surface area contributed by atoms with Crippen LogP contribution in [0.1, 0.15) is 26.0 Å². The van der Waals surface area contributed by atoms with Gasteiger partial charge in [-0.25, -0.2) is 4.98 Å². The van der Waals surface area contributed by atoms with Crippen LogP contribution < -0.4 is 10.6 Å². The summed E-state index contributed by atoms with van der Waals surface area (Å²) in [5.74, 6) is 1.25. The molecule has 1 heterocycles. The molecule has 1 aromatic carbocycles. The number of halogens is 2. The summed E-state index contributed by atoms with van der Waals surface area (Å²) >= 11 is 12.3. The number of para-hydroxylation sites is 1. The minimum Gasteiger partial charge on any atom is -0.352 e. The van der Waals surface area contributed by atoms with Gasteiger partial charge in [0.1, 0.15) is 5.82 Å². The van der Waals surface area contributed by atoms with Crippen molar-refractivity contribution in [3.8, 4) is 0 Å². The first kappa shape index (κ1) is 15.9. The predicted molar refractivity (Wildman–Crippen MR) is 89.9 cm³/mol. The summed E-state index contributed by atoms with van der Waals surface area (Å²) < 4.78 is 0. The summed E-state index contributed by atoms with van der Waals surface area (Å²) in [5.41, 5.74) is 1.51. The van der Waals surface area contributed by atoms with E-state index >= 15 is 0 Å². The fourth-order valence-electron chi connectivity index (χ4n) is 1.76. The van der Waals surface area contributed by atoms with Crippen LogP contribution in [0, 0.1) is 6.92 Å². The zero-order valence-corrected chi connectivity index (χ0v) is 13.8. The first-order chi connectivity index (χ1) is 9.99. The molecule has 0 bridgehead atoms. The Kier molecular flexibility index (Phi) is 5.26. The van der Waals surface area contributed by atoms with E-state index in [0.717, 1.165) is 12.1 Å². The van der Waals surface area contributed by atoms with Crippen LogP contribution in [0.2, 0.25) is 10.0 Å². The van der Waals surface area contributed by atoms with Crippen molar-refractivity contribution in [2.45, 2.75) is 33.2 Å². The Balaban J connectivity index is 2.28. The lowest BCUT2D eigenvalue weighted by Gasteiger charge is -2.14. The molecule has 2 N–H and O–H groups in total. The smallest absolute Gasteiger partial charge is 0.225 e. The molecule has 0 aliphatic rings. The highest BCUT2D eigenvalue weighted by Gasteiger charge is 2.09. The van der Waals surface area contributed by atoms with Crippen molar-refractivity contribution in [2.75, 3.05) is 10.6 Å². The van der Waals surface area contributed by atoms with E-state index in [2.05, 4.69) is 34.4 Å². The summed E-state index contributed by atoms with van der Waals surface area (Å²) in [7, 11) is 0. The van der Waals surface area contributed by atoms with Gasteiger partial charge in [-0.15, -0.1) is 0 Å². The average Bonchev–Trinajstić information content (AvgIpc) is 2.42. The third-order valence-electron chi connectivity index (χ3n) is 3.06. The first-order valence-electron chi connectivity index (χ1n) is 6.83. The largest absolute Gasteiger partial charge is 0.352 e. The van der Waals surface area contributed by atoms with Crippen LogP contribution in [0.25, 0.3) is 0 Å². The SMILES string of the molecule is CCC(C)Nc1nc(C)cc(Nc2c(Cl)cccc2Cl)n1. The van der Waals surface area contributed by atoms with E-state index in [1.165, 1.54) is 0 Å². The number of hydrogen-bond acceptors (Lipinski definition) is 4. The summed E-state index contributed by atoms with van der Waals surface area (Å²) in [4.78, 5) is 8.83. The van der Waals surface area contributed by atoms with E-state index in [9.17, 15) is 0 Å². The number of aryl methyl sites for hydroxylation is 1. The van der Waals surface area contributed by atoms with Crippen molar-refractivity contribution < 1.29 is 0 Å². The second-order valence-electron chi connectivity index (χ2n) is 4.89. The van der Waals surface area contributed by atoms with Crippen LogP contribution in [0.15, 0.2) is 24.3 Å². The standard InChI is InChI=1S/C15H18Cl2N4/c1-4-9(2)18-15-19-10(3)8-13(21-15)20-14-11(16)6-5-7-12(14)17/h5-9H,4H2,1-3H3,(H2,18,19,20,21). The molecule has 1 atom stereocenters. The molecule has 1 aromatic heterocycles. The summed E-state index contributed by atoms with van der Waals surface area (Å²) in [6.45, 7) is 6.11. The highest BCUT2D eigenvalue weighted by Crippen LogP contribution is 2.32. The summed E-state index contributed by atoms with van der Waals surface area (Å²) in [6.07, 6.45) is 0.996. The zero-order valence-electron chi connectivity index (χ0n) is 12.2. The lowest BCUT2D eigenvalue weighted by molar-refractivity contribution is 0.752. The van der Waals surface area contributed by atoms with Gasteiger partial charge in [-0.1, -0.05) is 36.2 Å². The first-order valence-corrected chi connectivity index (χ1v) is 7.58. The molecule has 1 unspecified atom stereocenters. The van der Waals surface area contributed by atoms with Crippen LogP contribution in [0.3, 0.4) is 0 Å². The maximum atomic E-state index is 6.16. The molecule has 4 nitrogen and oxygen atoms in total. The fourth-order valence-corrected chi connectivity index (χ4v) is 2.26. The number of anilines is 3. The fraction of sp³-hybridized carbons (Fsp3) is 0.333. The number of nitrogens with one attached hydrogen (secondary N) is 2. The van der Waals surface area contributed by atoms with E-state index in [0.29, 0.717) is 33.5 Å². The van der Waals surface area contributed by atoms with E-state index in [4.69, 9.17) is 23.2 Å². The Morgan fingerprint density at radius 1 is 1.19 bits per heavy atom. The van der Waals surface area contributed by atoms with Gasteiger partial charge in [0.2, 0.25) is 5.95 Å².